The van der Waals surface area contributed by atoms with E-state index in [1.165, 1.54) is 0 Å². The number of pyridine rings is 1. The summed E-state index contributed by atoms with van der Waals surface area (Å²) in [7, 11) is 0. The van der Waals surface area contributed by atoms with Gasteiger partial charge in [-0.1, -0.05) is 19.9 Å². The molecule has 22 heavy (non-hydrogen) atoms. The van der Waals surface area contributed by atoms with Crippen LogP contribution in [0.2, 0.25) is 0 Å². The molecule has 0 saturated heterocycles. The van der Waals surface area contributed by atoms with Crippen molar-refractivity contribution < 1.29 is 9.90 Å². The van der Waals surface area contributed by atoms with Crippen molar-refractivity contribution in [3.8, 4) is 10.7 Å². The Labute approximate surface area is 132 Å². The lowest BCUT2D eigenvalue weighted by Crippen LogP contribution is -2.25. The van der Waals surface area contributed by atoms with Gasteiger partial charge in [-0.2, -0.15) is 0 Å². The second kappa shape index (κ2) is 5.53. The Hall–Kier alpha value is -2.21. The number of thiophene rings is 1. The number of nitrogens with zero attached hydrogens (tertiary/aromatic N) is 3. The molecule has 1 N–H and O–H groups in total. The number of hydrogen-bond acceptors (Lipinski definition) is 4. The van der Waals surface area contributed by atoms with Crippen LogP contribution in [0.1, 0.15) is 25.5 Å². The van der Waals surface area contributed by atoms with E-state index in [9.17, 15) is 9.90 Å². The van der Waals surface area contributed by atoms with Crippen LogP contribution >= 0.6 is 11.3 Å². The molecule has 114 valence electrons. The third-order valence-electron chi connectivity index (χ3n) is 3.57. The van der Waals surface area contributed by atoms with Crippen LogP contribution in [0.25, 0.3) is 21.9 Å². The van der Waals surface area contributed by atoms with Gasteiger partial charge in [-0.05, 0) is 35.9 Å². The largest absolute Gasteiger partial charge is 0.480 e. The molecule has 3 rings (SSSR count). The van der Waals surface area contributed by atoms with E-state index in [0.29, 0.717) is 11.5 Å². The van der Waals surface area contributed by atoms with E-state index >= 15 is 0 Å². The first-order valence-corrected chi connectivity index (χ1v) is 7.98. The van der Waals surface area contributed by atoms with Crippen molar-refractivity contribution in [2.45, 2.75) is 26.8 Å². The van der Waals surface area contributed by atoms with E-state index in [0.717, 1.165) is 16.0 Å². The first-order chi connectivity index (χ1) is 10.5. The first-order valence-electron chi connectivity index (χ1n) is 7.10. The molecule has 0 aliphatic carbocycles. The van der Waals surface area contributed by atoms with Crippen molar-refractivity contribution >= 4 is 28.5 Å². The predicted octanol–water partition coefficient (Wildman–Crippen LogP) is 3.75. The fraction of sp³-hybridized carbons (Fsp3) is 0.312. The summed E-state index contributed by atoms with van der Waals surface area (Å²) in [6.07, 6.45) is 1.75. The molecule has 0 saturated carbocycles. The summed E-state index contributed by atoms with van der Waals surface area (Å²) < 4.78 is 1.76. The van der Waals surface area contributed by atoms with E-state index in [2.05, 4.69) is 9.97 Å². The number of fused-ring (bicyclic) bond motifs is 1. The van der Waals surface area contributed by atoms with Gasteiger partial charge in [0, 0.05) is 6.20 Å². The molecule has 1 unspecified atom stereocenters. The summed E-state index contributed by atoms with van der Waals surface area (Å²) in [4.78, 5) is 21.8. The lowest BCUT2D eigenvalue weighted by molar-refractivity contribution is -0.142. The molecule has 0 spiro atoms. The molecule has 0 aliphatic rings. The molecule has 0 bridgehead atoms. The minimum Gasteiger partial charge on any atom is -0.480 e. The van der Waals surface area contributed by atoms with Gasteiger partial charge >= 0.3 is 5.97 Å². The minimum atomic E-state index is -0.866. The summed E-state index contributed by atoms with van der Waals surface area (Å²) in [6.45, 7) is 5.75. The summed E-state index contributed by atoms with van der Waals surface area (Å²) >= 11 is 1.55. The van der Waals surface area contributed by atoms with Gasteiger partial charge in [0.1, 0.15) is 11.6 Å². The molecular weight excluding hydrogens is 298 g/mol. The molecule has 0 aromatic carbocycles. The fourth-order valence-corrected chi connectivity index (χ4v) is 3.33. The third kappa shape index (κ3) is 2.39. The number of aryl methyl sites for hydroxylation is 1. The molecule has 0 fully saturated rings. The molecule has 3 heterocycles. The van der Waals surface area contributed by atoms with Crippen molar-refractivity contribution in [3.63, 3.8) is 0 Å². The number of rotatable bonds is 4. The lowest BCUT2D eigenvalue weighted by Gasteiger charge is -2.20. The van der Waals surface area contributed by atoms with Gasteiger partial charge in [-0.25, -0.2) is 14.8 Å². The Bertz CT molecular complexity index is 821. The van der Waals surface area contributed by atoms with E-state index < -0.39 is 12.0 Å². The SMILES string of the molecule is Cc1cnc2c(c1)nc(-c1cccs1)n2C(C(=O)O)C(C)C. The molecule has 0 amide bonds. The summed E-state index contributed by atoms with van der Waals surface area (Å²) in [6, 6.07) is 5.13. The zero-order valence-electron chi connectivity index (χ0n) is 12.6. The molecule has 1 atom stereocenters. The molecular formula is C16H17N3O2S. The smallest absolute Gasteiger partial charge is 0.327 e. The average molecular weight is 315 g/mol. The monoisotopic (exact) mass is 315 g/mol. The topological polar surface area (TPSA) is 68.0 Å². The number of carboxylic acids is 1. The standard InChI is InChI=1S/C16H17N3O2S/c1-9(2)13(16(20)21)19-14-11(7-10(3)8-17-14)18-15(19)12-5-4-6-22-12/h4-9,13H,1-3H3,(H,20,21). The number of hydrogen-bond donors (Lipinski definition) is 1. The number of aromatic nitrogens is 3. The van der Waals surface area contributed by atoms with Crippen molar-refractivity contribution in [1.82, 2.24) is 14.5 Å². The minimum absolute atomic E-state index is 0.0725. The van der Waals surface area contributed by atoms with E-state index in [1.54, 1.807) is 22.1 Å². The summed E-state index contributed by atoms with van der Waals surface area (Å²) in [5, 5.41) is 11.6. The van der Waals surface area contributed by atoms with Crippen molar-refractivity contribution in [2.75, 3.05) is 0 Å². The van der Waals surface area contributed by atoms with Gasteiger partial charge in [0.15, 0.2) is 11.5 Å². The molecule has 5 nitrogen and oxygen atoms in total. The highest BCUT2D eigenvalue weighted by Crippen LogP contribution is 2.33. The average Bonchev–Trinajstić information content (AvgIpc) is 3.05. The molecule has 6 heteroatoms. The van der Waals surface area contributed by atoms with Crippen molar-refractivity contribution in [1.29, 1.82) is 0 Å². The van der Waals surface area contributed by atoms with Crippen LogP contribution in [0.4, 0.5) is 0 Å². The van der Waals surface area contributed by atoms with Crippen LogP contribution in [0.15, 0.2) is 29.8 Å². The van der Waals surface area contributed by atoms with E-state index in [1.807, 2.05) is 44.4 Å². The molecule has 0 aliphatic heterocycles. The van der Waals surface area contributed by atoms with Gasteiger partial charge in [0.05, 0.1) is 4.88 Å². The maximum atomic E-state index is 11.8. The summed E-state index contributed by atoms with van der Waals surface area (Å²) in [5.74, 6) is -0.268. The highest BCUT2D eigenvalue weighted by atomic mass is 32.1. The highest BCUT2D eigenvalue weighted by molar-refractivity contribution is 7.13. The van der Waals surface area contributed by atoms with Crippen LogP contribution < -0.4 is 0 Å². The van der Waals surface area contributed by atoms with Gasteiger partial charge in [0.25, 0.3) is 0 Å². The zero-order valence-corrected chi connectivity index (χ0v) is 13.5. The van der Waals surface area contributed by atoms with Crippen LogP contribution in [-0.4, -0.2) is 25.6 Å². The number of carbonyl (C=O) groups is 1. The maximum Gasteiger partial charge on any atom is 0.327 e. The molecule has 3 aromatic heterocycles. The van der Waals surface area contributed by atoms with E-state index in [4.69, 9.17) is 0 Å². The Morgan fingerprint density at radius 1 is 1.41 bits per heavy atom. The van der Waals surface area contributed by atoms with Gasteiger partial charge in [-0.15, -0.1) is 11.3 Å². The molecule has 0 radical (unpaired) electrons. The van der Waals surface area contributed by atoms with Crippen LogP contribution in [0, 0.1) is 12.8 Å². The Kier molecular flexibility index (Phi) is 3.70. The summed E-state index contributed by atoms with van der Waals surface area (Å²) in [5.41, 5.74) is 2.36. The van der Waals surface area contributed by atoms with Crippen molar-refractivity contribution in [3.05, 3.63) is 35.3 Å². The number of imidazole rings is 1. The Morgan fingerprint density at radius 3 is 2.77 bits per heavy atom. The normalized spacial score (nSPS) is 12.9. The van der Waals surface area contributed by atoms with E-state index in [-0.39, 0.29) is 5.92 Å². The first kappa shape index (κ1) is 14.7. The highest BCUT2D eigenvalue weighted by Gasteiger charge is 2.29. The quantitative estimate of drug-likeness (QED) is 0.796. The number of carboxylic acid groups (broad SMARTS) is 1. The second-order valence-electron chi connectivity index (χ2n) is 5.67. The lowest BCUT2D eigenvalue weighted by atomic mass is 10.0. The maximum absolute atomic E-state index is 11.8. The van der Waals surface area contributed by atoms with Crippen molar-refractivity contribution in [2.24, 2.45) is 5.92 Å². The van der Waals surface area contributed by atoms with Gasteiger partial charge < -0.3 is 5.11 Å². The van der Waals surface area contributed by atoms with Gasteiger partial charge in [0.2, 0.25) is 0 Å². The molecule has 3 aromatic rings. The third-order valence-corrected chi connectivity index (χ3v) is 4.44. The Balaban J connectivity index is 2.34. The van der Waals surface area contributed by atoms with Crippen LogP contribution in [0.3, 0.4) is 0 Å². The Morgan fingerprint density at radius 2 is 2.18 bits per heavy atom. The fourth-order valence-electron chi connectivity index (χ4n) is 2.62. The van der Waals surface area contributed by atoms with Gasteiger partial charge in [-0.3, -0.25) is 4.57 Å². The van der Waals surface area contributed by atoms with Crippen LogP contribution in [-0.2, 0) is 4.79 Å². The van der Waals surface area contributed by atoms with Crippen LogP contribution in [0.5, 0.6) is 0 Å². The predicted molar refractivity (Wildman–Crippen MR) is 87.1 cm³/mol. The zero-order chi connectivity index (χ0) is 15.9. The second-order valence-corrected chi connectivity index (χ2v) is 6.61. The number of aliphatic carboxylic acids is 1.